The molecule has 0 saturated carbocycles. The normalized spacial score (nSPS) is 10.9. The van der Waals surface area contributed by atoms with Gasteiger partial charge in [-0.05, 0) is 36.2 Å². The molecule has 0 spiro atoms. The minimum Gasteiger partial charge on any atom is -0.349 e. The van der Waals surface area contributed by atoms with Crippen LogP contribution in [-0.2, 0) is 24.8 Å². The number of rotatable bonds is 5. The third-order valence-electron chi connectivity index (χ3n) is 3.85. The third-order valence-corrected chi connectivity index (χ3v) is 3.85. The summed E-state index contributed by atoms with van der Waals surface area (Å²) in [6.07, 6.45) is 0.847. The maximum Gasteiger partial charge on any atom is 0.220 e. The molecule has 2 aromatic carbocycles. The Morgan fingerprint density at radius 1 is 1.22 bits per heavy atom. The zero-order valence-corrected chi connectivity index (χ0v) is 12.9. The van der Waals surface area contributed by atoms with Gasteiger partial charge in [-0.1, -0.05) is 24.3 Å². The van der Waals surface area contributed by atoms with E-state index in [0.29, 0.717) is 19.4 Å². The molecule has 1 heterocycles. The van der Waals surface area contributed by atoms with E-state index in [1.54, 1.807) is 6.07 Å². The van der Waals surface area contributed by atoms with Gasteiger partial charge in [-0.2, -0.15) is 0 Å². The van der Waals surface area contributed by atoms with Crippen molar-refractivity contribution in [3.8, 4) is 0 Å². The first-order valence-electron chi connectivity index (χ1n) is 7.55. The zero-order chi connectivity index (χ0) is 16.2. The number of aromatic nitrogens is 2. The van der Waals surface area contributed by atoms with Crippen LogP contribution in [0.2, 0.25) is 0 Å². The van der Waals surface area contributed by atoms with Crippen molar-refractivity contribution in [3.63, 3.8) is 0 Å². The minimum atomic E-state index is -0.275. The van der Waals surface area contributed by atoms with Gasteiger partial charge in [-0.3, -0.25) is 4.79 Å². The molecule has 23 heavy (non-hydrogen) atoms. The lowest BCUT2D eigenvalue weighted by atomic mass is 10.1. The molecule has 1 N–H and O–H groups in total. The SMILES string of the molecule is Cn1c(CNC(=O)CCc2cccc(F)c2)nc2ccccc21. The van der Waals surface area contributed by atoms with Crippen molar-refractivity contribution >= 4 is 16.9 Å². The van der Waals surface area contributed by atoms with Crippen LogP contribution < -0.4 is 5.32 Å². The monoisotopic (exact) mass is 311 g/mol. The molecular formula is C18H18FN3O. The fourth-order valence-electron chi connectivity index (χ4n) is 2.57. The van der Waals surface area contributed by atoms with Crippen LogP contribution in [0.3, 0.4) is 0 Å². The molecule has 1 amide bonds. The summed E-state index contributed by atoms with van der Waals surface area (Å²) in [6, 6.07) is 14.2. The molecule has 0 unspecified atom stereocenters. The van der Waals surface area contributed by atoms with Crippen molar-refractivity contribution in [2.75, 3.05) is 0 Å². The van der Waals surface area contributed by atoms with Gasteiger partial charge in [-0.15, -0.1) is 0 Å². The Morgan fingerprint density at radius 3 is 2.83 bits per heavy atom. The molecule has 0 saturated heterocycles. The van der Waals surface area contributed by atoms with Crippen LogP contribution in [0, 0.1) is 5.82 Å². The number of carbonyl (C=O) groups is 1. The summed E-state index contributed by atoms with van der Waals surface area (Å²) in [5.41, 5.74) is 2.78. The van der Waals surface area contributed by atoms with Gasteiger partial charge in [0.1, 0.15) is 11.6 Å². The number of para-hydroxylation sites is 2. The Bertz CT molecular complexity index is 841. The molecule has 5 heteroatoms. The summed E-state index contributed by atoms with van der Waals surface area (Å²) < 4.78 is 15.1. The fourth-order valence-corrected chi connectivity index (χ4v) is 2.57. The summed E-state index contributed by atoms with van der Waals surface area (Å²) in [5.74, 6) is 0.467. The third kappa shape index (κ3) is 3.56. The van der Waals surface area contributed by atoms with Crippen molar-refractivity contribution in [1.82, 2.24) is 14.9 Å². The number of hydrogen-bond acceptors (Lipinski definition) is 2. The van der Waals surface area contributed by atoms with Gasteiger partial charge in [0, 0.05) is 13.5 Å². The van der Waals surface area contributed by atoms with Gasteiger partial charge < -0.3 is 9.88 Å². The number of imidazole rings is 1. The van der Waals surface area contributed by atoms with Crippen LogP contribution in [0.5, 0.6) is 0 Å². The van der Waals surface area contributed by atoms with Crippen molar-refractivity contribution < 1.29 is 9.18 Å². The lowest BCUT2D eigenvalue weighted by molar-refractivity contribution is -0.121. The fraction of sp³-hybridized carbons (Fsp3) is 0.222. The van der Waals surface area contributed by atoms with E-state index in [1.807, 2.05) is 41.9 Å². The maximum atomic E-state index is 13.1. The predicted octanol–water partition coefficient (Wildman–Crippen LogP) is 2.96. The average molecular weight is 311 g/mol. The lowest BCUT2D eigenvalue weighted by Gasteiger charge is -2.06. The van der Waals surface area contributed by atoms with Crippen LogP contribution in [-0.4, -0.2) is 15.5 Å². The summed E-state index contributed by atoms with van der Waals surface area (Å²) in [6.45, 7) is 0.382. The van der Waals surface area contributed by atoms with Gasteiger partial charge >= 0.3 is 0 Å². The Hall–Kier alpha value is -2.69. The first-order chi connectivity index (χ1) is 11.1. The highest BCUT2D eigenvalue weighted by atomic mass is 19.1. The van der Waals surface area contributed by atoms with Crippen LogP contribution in [0.25, 0.3) is 11.0 Å². The van der Waals surface area contributed by atoms with E-state index in [2.05, 4.69) is 10.3 Å². The van der Waals surface area contributed by atoms with Crippen molar-refractivity contribution in [1.29, 1.82) is 0 Å². The molecule has 0 atom stereocenters. The summed E-state index contributed by atoms with van der Waals surface area (Å²) >= 11 is 0. The Kier molecular flexibility index (Phi) is 4.37. The number of nitrogens with zero attached hydrogens (tertiary/aromatic N) is 2. The number of hydrogen-bond donors (Lipinski definition) is 1. The Morgan fingerprint density at radius 2 is 2.04 bits per heavy atom. The number of nitrogens with one attached hydrogen (secondary N) is 1. The number of amides is 1. The number of aryl methyl sites for hydroxylation is 2. The summed E-state index contributed by atoms with van der Waals surface area (Å²) in [4.78, 5) is 16.5. The highest BCUT2D eigenvalue weighted by Gasteiger charge is 2.09. The number of halogens is 1. The summed E-state index contributed by atoms with van der Waals surface area (Å²) in [7, 11) is 1.93. The van der Waals surface area contributed by atoms with E-state index < -0.39 is 0 Å². The number of fused-ring (bicyclic) bond motifs is 1. The molecule has 0 radical (unpaired) electrons. The molecule has 0 aliphatic heterocycles. The quantitative estimate of drug-likeness (QED) is 0.787. The molecular weight excluding hydrogens is 293 g/mol. The first kappa shape index (κ1) is 15.2. The number of benzene rings is 2. The van der Waals surface area contributed by atoms with Gasteiger partial charge in [0.05, 0.1) is 17.6 Å². The van der Waals surface area contributed by atoms with E-state index in [4.69, 9.17) is 0 Å². The second-order valence-electron chi connectivity index (χ2n) is 5.48. The smallest absolute Gasteiger partial charge is 0.220 e. The van der Waals surface area contributed by atoms with Gasteiger partial charge in [-0.25, -0.2) is 9.37 Å². The van der Waals surface area contributed by atoms with E-state index >= 15 is 0 Å². The van der Waals surface area contributed by atoms with E-state index in [9.17, 15) is 9.18 Å². The molecule has 0 aliphatic carbocycles. The van der Waals surface area contributed by atoms with Crippen molar-refractivity contribution in [2.45, 2.75) is 19.4 Å². The molecule has 0 fully saturated rings. The Balaban J connectivity index is 1.57. The molecule has 118 valence electrons. The van der Waals surface area contributed by atoms with Crippen LogP contribution in [0.15, 0.2) is 48.5 Å². The van der Waals surface area contributed by atoms with E-state index in [1.165, 1.54) is 12.1 Å². The minimum absolute atomic E-state index is 0.0682. The molecule has 1 aromatic heterocycles. The van der Waals surface area contributed by atoms with Crippen LogP contribution >= 0.6 is 0 Å². The molecule has 3 aromatic rings. The second kappa shape index (κ2) is 6.60. The predicted molar refractivity (Wildman–Crippen MR) is 87.3 cm³/mol. The molecule has 4 nitrogen and oxygen atoms in total. The van der Waals surface area contributed by atoms with Crippen LogP contribution in [0.1, 0.15) is 17.8 Å². The highest BCUT2D eigenvalue weighted by Crippen LogP contribution is 2.14. The van der Waals surface area contributed by atoms with Gasteiger partial charge in [0.2, 0.25) is 5.91 Å². The van der Waals surface area contributed by atoms with Crippen molar-refractivity contribution in [3.05, 3.63) is 65.7 Å². The van der Waals surface area contributed by atoms with E-state index in [0.717, 1.165) is 22.4 Å². The summed E-state index contributed by atoms with van der Waals surface area (Å²) in [5, 5.41) is 2.87. The zero-order valence-electron chi connectivity index (χ0n) is 12.9. The largest absolute Gasteiger partial charge is 0.349 e. The standard InChI is InChI=1S/C18H18FN3O/c1-22-16-8-3-2-7-15(16)21-17(22)12-20-18(23)10-9-13-5-4-6-14(19)11-13/h2-8,11H,9-10,12H2,1H3,(H,20,23). The topological polar surface area (TPSA) is 46.9 Å². The van der Waals surface area contributed by atoms with Gasteiger partial charge in [0.25, 0.3) is 0 Å². The van der Waals surface area contributed by atoms with Crippen molar-refractivity contribution in [2.24, 2.45) is 7.05 Å². The first-order valence-corrected chi connectivity index (χ1v) is 7.55. The highest BCUT2D eigenvalue weighted by molar-refractivity contribution is 5.77. The van der Waals surface area contributed by atoms with Crippen LogP contribution in [0.4, 0.5) is 4.39 Å². The average Bonchev–Trinajstić information content (AvgIpc) is 2.88. The number of carbonyl (C=O) groups excluding carboxylic acids is 1. The molecule has 3 rings (SSSR count). The second-order valence-corrected chi connectivity index (χ2v) is 5.48. The maximum absolute atomic E-state index is 13.1. The van der Waals surface area contributed by atoms with Gasteiger partial charge in [0.15, 0.2) is 0 Å². The molecule has 0 bridgehead atoms. The van der Waals surface area contributed by atoms with E-state index in [-0.39, 0.29) is 11.7 Å². The lowest BCUT2D eigenvalue weighted by Crippen LogP contribution is -2.24. The Labute approximate surface area is 134 Å². The molecule has 0 aliphatic rings.